The third-order valence-corrected chi connectivity index (χ3v) is 5.70. The van der Waals surface area contributed by atoms with Gasteiger partial charge in [0.25, 0.3) is 10.2 Å². The van der Waals surface area contributed by atoms with Gasteiger partial charge in [-0.3, -0.25) is 0 Å². The Hall–Kier alpha value is 0.120. The van der Waals surface area contributed by atoms with E-state index in [0.717, 1.165) is 45.2 Å². The zero-order valence-electron chi connectivity index (χ0n) is 11.7. The molecule has 7 heteroatoms. The second-order valence-corrected chi connectivity index (χ2v) is 7.60. The largest absolute Gasteiger partial charge is 0.317 e. The Morgan fingerprint density at radius 2 is 1.74 bits per heavy atom. The first kappa shape index (κ1) is 17.2. The van der Waals surface area contributed by atoms with Crippen LogP contribution in [0.4, 0.5) is 0 Å². The van der Waals surface area contributed by atoms with Crippen LogP contribution in [0.25, 0.3) is 0 Å². The third-order valence-electron chi connectivity index (χ3n) is 4.15. The molecule has 0 saturated carbocycles. The molecule has 2 N–H and O–H groups in total. The molecule has 5 nitrogen and oxygen atoms in total. The first-order chi connectivity index (χ1) is 8.52. The highest BCUT2D eigenvalue weighted by atomic mass is 35.5. The molecule has 2 aliphatic rings. The minimum atomic E-state index is -3.26. The van der Waals surface area contributed by atoms with Crippen LogP contribution < -0.4 is 10.0 Å². The molecule has 2 rings (SSSR count). The lowest BCUT2D eigenvalue weighted by Gasteiger charge is -2.35. The van der Waals surface area contributed by atoms with Crippen molar-refractivity contribution in [1.29, 1.82) is 0 Å². The van der Waals surface area contributed by atoms with Gasteiger partial charge < -0.3 is 5.32 Å². The molecule has 0 aromatic carbocycles. The zero-order valence-corrected chi connectivity index (χ0v) is 13.3. The van der Waals surface area contributed by atoms with Crippen molar-refractivity contribution in [2.75, 3.05) is 32.7 Å². The Balaban J connectivity index is 0.00000180. The molecule has 0 atom stereocenters. The summed E-state index contributed by atoms with van der Waals surface area (Å²) in [5.74, 6) is 0. The van der Waals surface area contributed by atoms with Gasteiger partial charge in [-0.1, -0.05) is 13.3 Å². The fourth-order valence-electron chi connectivity index (χ4n) is 2.67. The smallest absolute Gasteiger partial charge is 0.279 e. The van der Waals surface area contributed by atoms with Crippen molar-refractivity contribution in [2.24, 2.45) is 5.41 Å². The van der Waals surface area contributed by atoms with E-state index in [4.69, 9.17) is 0 Å². The van der Waals surface area contributed by atoms with Crippen LogP contribution in [0.1, 0.15) is 39.0 Å². The Morgan fingerprint density at radius 1 is 1.16 bits per heavy atom. The molecule has 0 spiro atoms. The summed E-state index contributed by atoms with van der Waals surface area (Å²) in [5.41, 5.74) is 0.105. The zero-order chi connectivity index (χ0) is 13.1. The molecule has 0 aromatic rings. The van der Waals surface area contributed by atoms with E-state index >= 15 is 0 Å². The molecule has 0 radical (unpaired) electrons. The number of nitrogens with one attached hydrogen (secondary N) is 2. The molecule has 2 fully saturated rings. The number of halogens is 1. The Morgan fingerprint density at radius 3 is 2.32 bits per heavy atom. The van der Waals surface area contributed by atoms with Gasteiger partial charge in [0, 0.05) is 19.6 Å². The van der Waals surface area contributed by atoms with Gasteiger partial charge in [-0.05, 0) is 44.2 Å². The maximum Gasteiger partial charge on any atom is 0.279 e. The van der Waals surface area contributed by atoms with Crippen LogP contribution in [0.3, 0.4) is 0 Å². The first-order valence-electron chi connectivity index (χ1n) is 6.97. The number of hydrogen-bond donors (Lipinski definition) is 2. The number of piperidine rings is 2. The summed E-state index contributed by atoms with van der Waals surface area (Å²) in [5, 5.41) is 3.31. The van der Waals surface area contributed by atoms with E-state index in [9.17, 15) is 8.42 Å². The maximum absolute atomic E-state index is 12.2. The summed E-state index contributed by atoms with van der Waals surface area (Å²) in [7, 11) is -3.26. The lowest BCUT2D eigenvalue weighted by atomic mass is 9.81. The summed E-state index contributed by atoms with van der Waals surface area (Å²) in [6.07, 6.45) is 5.20. The van der Waals surface area contributed by atoms with Crippen LogP contribution in [-0.2, 0) is 10.2 Å². The van der Waals surface area contributed by atoms with Crippen LogP contribution in [0, 0.1) is 5.41 Å². The number of hydrogen-bond acceptors (Lipinski definition) is 3. The Bertz CT molecular complexity index is 363. The van der Waals surface area contributed by atoms with E-state index in [1.165, 1.54) is 0 Å². The van der Waals surface area contributed by atoms with E-state index < -0.39 is 10.2 Å². The SMILES string of the molecule is CC1(CNS(=O)(=O)N2CCCCC2)CCNCC1.Cl. The van der Waals surface area contributed by atoms with Gasteiger partial charge in [0.1, 0.15) is 0 Å². The minimum absolute atomic E-state index is 0. The van der Waals surface area contributed by atoms with Gasteiger partial charge in [0.2, 0.25) is 0 Å². The molecule has 19 heavy (non-hydrogen) atoms. The Kier molecular flexibility index (Phi) is 6.53. The van der Waals surface area contributed by atoms with Crippen LogP contribution in [0.2, 0.25) is 0 Å². The highest BCUT2D eigenvalue weighted by Crippen LogP contribution is 2.27. The van der Waals surface area contributed by atoms with Crippen molar-refractivity contribution < 1.29 is 8.42 Å². The van der Waals surface area contributed by atoms with E-state index in [0.29, 0.717) is 19.6 Å². The van der Waals surface area contributed by atoms with Crippen LogP contribution in [0.5, 0.6) is 0 Å². The highest BCUT2D eigenvalue weighted by molar-refractivity contribution is 7.87. The summed E-state index contributed by atoms with van der Waals surface area (Å²) in [6, 6.07) is 0. The van der Waals surface area contributed by atoms with Gasteiger partial charge in [-0.2, -0.15) is 12.7 Å². The molecule has 0 aliphatic carbocycles. The van der Waals surface area contributed by atoms with Crippen molar-refractivity contribution in [3.63, 3.8) is 0 Å². The number of nitrogens with zero attached hydrogens (tertiary/aromatic N) is 1. The molecule has 0 bridgehead atoms. The van der Waals surface area contributed by atoms with Crippen molar-refractivity contribution in [2.45, 2.75) is 39.0 Å². The summed E-state index contributed by atoms with van der Waals surface area (Å²) >= 11 is 0. The van der Waals surface area contributed by atoms with Gasteiger partial charge in [-0.25, -0.2) is 4.72 Å². The molecular formula is C12H26ClN3O2S. The Labute approximate surface area is 123 Å². The molecule has 2 aliphatic heterocycles. The summed E-state index contributed by atoms with van der Waals surface area (Å²) in [4.78, 5) is 0. The van der Waals surface area contributed by atoms with Crippen molar-refractivity contribution in [1.82, 2.24) is 14.3 Å². The van der Waals surface area contributed by atoms with Crippen molar-refractivity contribution in [3.8, 4) is 0 Å². The quantitative estimate of drug-likeness (QED) is 0.818. The standard InChI is InChI=1S/C12H25N3O2S.ClH/c1-12(5-7-13-8-6-12)11-14-18(16,17)15-9-3-2-4-10-15;/h13-14H,2-11H2,1H3;1H. The van der Waals surface area contributed by atoms with E-state index in [-0.39, 0.29) is 17.8 Å². The monoisotopic (exact) mass is 311 g/mol. The van der Waals surface area contributed by atoms with E-state index in [2.05, 4.69) is 17.0 Å². The van der Waals surface area contributed by atoms with Gasteiger partial charge in [-0.15, -0.1) is 12.4 Å². The fraction of sp³-hybridized carbons (Fsp3) is 1.00. The second-order valence-electron chi connectivity index (χ2n) is 5.85. The van der Waals surface area contributed by atoms with Gasteiger partial charge in [0.05, 0.1) is 0 Å². The molecular weight excluding hydrogens is 286 g/mol. The predicted molar refractivity (Wildman–Crippen MR) is 79.8 cm³/mol. The third kappa shape index (κ3) is 4.86. The molecule has 0 unspecified atom stereocenters. The van der Waals surface area contributed by atoms with Crippen molar-refractivity contribution in [3.05, 3.63) is 0 Å². The van der Waals surface area contributed by atoms with Crippen LogP contribution in [0.15, 0.2) is 0 Å². The maximum atomic E-state index is 12.2. The lowest BCUT2D eigenvalue weighted by Crippen LogP contribution is -2.48. The average molecular weight is 312 g/mol. The second kappa shape index (κ2) is 7.22. The summed E-state index contributed by atoms with van der Waals surface area (Å²) < 4.78 is 28.7. The normalized spacial score (nSPS) is 24.7. The van der Waals surface area contributed by atoms with Crippen LogP contribution in [-0.4, -0.2) is 45.4 Å². The molecule has 0 aromatic heterocycles. The van der Waals surface area contributed by atoms with Gasteiger partial charge >= 0.3 is 0 Å². The topological polar surface area (TPSA) is 61.4 Å². The highest BCUT2D eigenvalue weighted by Gasteiger charge is 2.30. The first-order valence-corrected chi connectivity index (χ1v) is 8.41. The number of rotatable bonds is 4. The molecule has 114 valence electrons. The van der Waals surface area contributed by atoms with Crippen molar-refractivity contribution >= 4 is 22.6 Å². The predicted octanol–water partition coefficient (Wildman–Crippen LogP) is 1.12. The lowest BCUT2D eigenvalue weighted by molar-refractivity contribution is 0.229. The van der Waals surface area contributed by atoms with E-state index in [1.807, 2.05) is 0 Å². The van der Waals surface area contributed by atoms with Crippen LogP contribution >= 0.6 is 12.4 Å². The molecule has 2 saturated heterocycles. The molecule has 2 heterocycles. The average Bonchev–Trinajstić information content (AvgIpc) is 2.39. The van der Waals surface area contributed by atoms with E-state index in [1.54, 1.807) is 4.31 Å². The fourth-order valence-corrected chi connectivity index (χ4v) is 4.12. The summed E-state index contributed by atoms with van der Waals surface area (Å²) in [6.45, 7) is 6.06. The molecule has 0 amide bonds. The van der Waals surface area contributed by atoms with Gasteiger partial charge in [0.15, 0.2) is 0 Å². The minimum Gasteiger partial charge on any atom is -0.317 e.